The first kappa shape index (κ1) is 5.22. The summed E-state index contributed by atoms with van der Waals surface area (Å²) in [4.78, 5) is 0. The lowest BCUT2D eigenvalue weighted by atomic mass is 18.9. The smallest absolute Gasteiger partial charge is 0.115 e. The van der Waals surface area contributed by atoms with Gasteiger partial charge in [0.1, 0.15) is 7.61 Å². The summed E-state index contributed by atoms with van der Waals surface area (Å²) in [7, 11) is 2.75. The van der Waals surface area contributed by atoms with E-state index in [1.807, 2.05) is 17.9 Å². The number of halogens is 1. The minimum absolute atomic E-state index is 1.29. The van der Waals surface area contributed by atoms with Crippen LogP contribution >= 0.6 is 25.5 Å². The Kier molecular flexibility index (Phi) is 3.21. The average molecular weight is 116 g/mol. The first-order valence-corrected chi connectivity index (χ1v) is 5.15. The summed E-state index contributed by atoms with van der Waals surface area (Å²) < 4.78 is 11.0. The summed E-state index contributed by atoms with van der Waals surface area (Å²) >= 11 is 0. The zero-order chi connectivity index (χ0) is 3.58. The van der Waals surface area contributed by atoms with Crippen molar-refractivity contribution in [1.29, 1.82) is 0 Å². The quantitative estimate of drug-likeness (QED) is 0.424. The third-order valence-corrected chi connectivity index (χ3v) is 0. The molecule has 0 aromatic heterocycles. The molecule has 0 aromatic carbocycles. The van der Waals surface area contributed by atoms with Crippen molar-refractivity contribution in [2.75, 3.05) is 0 Å². The fraction of sp³-hybridized carbons (Fsp3) is 0. The van der Waals surface area contributed by atoms with Gasteiger partial charge in [0.15, 0.2) is 0 Å². The van der Waals surface area contributed by atoms with Crippen LogP contribution < -0.4 is 0 Å². The van der Waals surface area contributed by atoms with E-state index in [1.165, 1.54) is 0 Å². The Morgan fingerprint density at radius 2 is 1.50 bits per heavy atom. The van der Waals surface area contributed by atoms with Crippen LogP contribution in [0.1, 0.15) is 0 Å². The highest BCUT2D eigenvalue weighted by Gasteiger charge is 1.74. The molecule has 0 saturated heterocycles. The monoisotopic (exact) mass is 116 g/mol. The van der Waals surface area contributed by atoms with Gasteiger partial charge in [-0.25, -0.2) is 4.20 Å². The normalized spacial score (nSPS) is 9.00. The Morgan fingerprint density at radius 3 is 1.50 bits per heavy atom. The van der Waals surface area contributed by atoms with Crippen LogP contribution in [0.4, 0.5) is 4.20 Å². The number of hydrogen-bond donors (Lipinski definition) is 0. The molecule has 0 N–H and O–H groups in total. The maximum Gasteiger partial charge on any atom is 0.115 e. The van der Waals surface area contributed by atoms with E-state index < -0.39 is 7.61 Å². The molecule has 0 aliphatic heterocycles. The van der Waals surface area contributed by atoms with Gasteiger partial charge in [-0.3, -0.25) is 0 Å². The third-order valence-electron chi connectivity index (χ3n) is 0. The molecule has 26 valence electrons. The highest BCUT2D eigenvalue weighted by atomic mass is 32.4. The van der Waals surface area contributed by atoms with Crippen molar-refractivity contribution < 1.29 is 4.20 Å². The van der Waals surface area contributed by atoms with Crippen LogP contribution in [0.5, 0.6) is 0 Å². The molecule has 0 heterocycles. The van der Waals surface area contributed by atoms with E-state index in [-0.39, 0.29) is 0 Å². The third kappa shape index (κ3) is 10.7. The average Bonchev–Trinajstić information content (AvgIpc) is 0.811. The van der Waals surface area contributed by atoms with Gasteiger partial charge in [-0.05, 0) is 0 Å². The summed E-state index contributed by atoms with van der Waals surface area (Å²) in [6.07, 6.45) is 0. The molecule has 0 bridgehead atoms. The van der Waals surface area contributed by atoms with Crippen molar-refractivity contribution in [3.8, 4) is 0 Å². The largest absolute Gasteiger partial charge is 0.218 e. The van der Waals surface area contributed by atoms with Crippen molar-refractivity contribution in [3.63, 3.8) is 0 Å². The summed E-state index contributed by atoms with van der Waals surface area (Å²) in [5.41, 5.74) is 0. The fourth-order valence-corrected chi connectivity index (χ4v) is 0. The second-order valence-electron chi connectivity index (χ2n) is 0.344. The SMILES string of the molecule is FP(P)P. The Bertz CT molecular complexity index is 8.00. The van der Waals surface area contributed by atoms with Crippen molar-refractivity contribution in [2.24, 2.45) is 0 Å². The Morgan fingerprint density at radius 1 is 1.50 bits per heavy atom. The summed E-state index contributed by atoms with van der Waals surface area (Å²) in [6, 6.07) is 0. The molecule has 0 aromatic rings. The second-order valence-corrected chi connectivity index (χ2v) is 5.78. The van der Waals surface area contributed by atoms with E-state index in [4.69, 9.17) is 0 Å². The zero-order valence-corrected chi connectivity index (χ0v) is 5.18. The van der Waals surface area contributed by atoms with Gasteiger partial charge < -0.3 is 0 Å². The van der Waals surface area contributed by atoms with Crippen LogP contribution in [0.2, 0.25) is 0 Å². The van der Waals surface area contributed by atoms with E-state index >= 15 is 0 Å². The highest BCUT2D eigenvalue weighted by Crippen LogP contribution is 2.53. The minimum Gasteiger partial charge on any atom is -0.218 e. The second kappa shape index (κ2) is 2.46. The van der Waals surface area contributed by atoms with Crippen LogP contribution in [0.3, 0.4) is 0 Å². The zero-order valence-electron chi connectivity index (χ0n) is 1.98. The van der Waals surface area contributed by atoms with Gasteiger partial charge in [-0.1, -0.05) is 17.9 Å². The van der Waals surface area contributed by atoms with Crippen molar-refractivity contribution >= 4 is 25.5 Å². The van der Waals surface area contributed by atoms with Crippen molar-refractivity contribution in [2.45, 2.75) is 0 Å². The molecule has 0 nitrogen and oxygen atoms in total. The number of hydrogen-bond acceptors (Lipinski definition) is 0. The molecular weight excluding hydrogens is 112 g/mol. The van der Waals surface area contributed by atoms with E-state index in [0.29, 0.717) is 0 Å². The molecule has 0 radical (unpaired) electrons. The molecule has 4 heavy (non-hydrogen) atoms. The van der Waals surface area contributed by atoms with Gasteiger partial charge >= 0.3 is 0 Å². The van der Waals surface area contributed by atoms with Gasteiger partial charge in [-0.2, -0.15) is 0 Å². The lowest BCUT2D eigenvalue weighted by Crippen LogP contribution is -0.960. The molecule has 0 aliphatic rings. The van der Waals surface area contributed by atoms with Crippen LogP contribution in [-0.4, -0.2) is 0 Å². The molecule has 0 rings (SSSR count). The first-order chi connectivity index (χ1) is 1.73. The standard InChI is InChI=1S/FH4P3/c1-4(2)3/h2-3H2. The lowest BCUT2D eigenvalue weighted by molar-refractivity contribution is 0.931. The van der Waals surface area contributed by atoms with Gasteiger partial charge in [0, 0.05) is 0 Å². The van der Waals surface area contributed by atoms with Gasteiger partial charge in [0.25, 0.3) is 0 Å². The molecule has 0 amide bonds. The molecule has 0 spiro atoms. The molecular formula is H4FP3. The number of rotatable bonds is 0. The van der Waals surface area contributed by atoms with Crippen LogP contribution in [0, 0.1) is 0 Å². The van der Waals surface area contributed by atoms with Crippen LogP contribution in [0.15, 0.2) is 0 Å². The van der Waals surface area contributed by atoms with E-state index in [2.05, 4.69) is 0 Å². The molecule has 0 saturated carbocycles. The maximum absolute atomic E-state index is 11.0. The van der Waals surface area contributed by atoms with E-state index in [0.717, 1.165) is 0 Å². The molecule has 2 atom stereocenters. The van der Waals surface area contributed by atoms with E-state index in [9.17, 15) is 4.20 Å². The lowest BCUT2D eigenvalue weighted by Gasteiger charge is -1.74. The molecule has 4 heteroatoms. The molecule has 0 aliphatic carbocycles. The minimum atomic E-state index is -1.29. The van der Waals surface area contributed by atoms with Gasteiger partial charge in [-0.15, -0.1) is 0 Å². The topological polar surface area (TPSA) is 0 Å². The highest BCUT2D eigenvalue weighted by molar-refractivity contribution is 8.41. The molecule has 0 fully saturated rings. The van der Waals surface area contributed by atoms with Gasteiger partial charge in [0.2, 0.25) is 0 Å². The predicted octanol–water partition coefficient (Wildman–Crippen LogP) is 1.93. The molecule has 2 unspecified atom stereocenters. The summed E-state index contributed by atoms with van der Waals surface area (Å²) in [5.74, 6) is 0. The maximum atomic E-state index is 11.0. The summed E-state index contributed by atoms with van der Waals surface area (Å²) in [5, 5.41) is 0. The van der Waals surface area contributed by atoms with Crippen LogP contribution in [0.25, 0.3) is 0 Å². The Hall–Kier alpha value is 1.22. The summed E-state index contributed by atoms with van der Waals surface area (Å²) in [6.45, 7) is 0. The Balaban J connectivity index is 2.32. The van der Waals surface area contributed by atoms with Gasteiger partial charge in [0.05, 0.1) is 0 Å². The van der Waals surface area contributed by atoms with Crippen molar-refractivity contribution in [1.82, 2.24) is 0 Å². The predicted molar refractivity (Wildman–Crippen MR) is 27.4 cm³/mol. The fourth-order valence-electron chi connectivity index (χ4n) is 0. The van der Waals surface area contributed by atoms with E-state index in [1.54, 1.807) is 0 Å². The first-order valence-electron chi connectivity index (χ1n) is 0.685. The van der Waals surface area contributed by atoms with Crippen LogP contribution in [-0.2, 0) is 0 Å². The Labute approximate surface area is 30.6 Å². The van der Waals surface area contributed by atoms with Crippen molar-refractivity contribution in [3.05, 3.63) is 0 Å².